The van der Waals surface area contributed by atoms with Gasteiger partial charge in [-0.05, 0) is 37.5 Å². The van der Waals surface area contributed by atoms with Crippen LogP contribution in [-0.2, 0) is 0 Å². The first kappa shape index (κ1) is 15.1. The van der Waals surface area contributed by atoms with Crippen LogP contribution in [0.5, 0.6) is 0 Å². The minimum absolute atomic E-state index is 0.0392. The Labute approximate surface area is 121 Å². The number of rotatable bonds is 3. The topological polar surface area (TPSA) is 82.2 Å². The molecular weight excluding hydrogens is 252 g/mol. The van der Waals surface area contributed by atoms with Gasteiger partial charge in [0.15, 0.2) is 0 Å². The fraction of sp³-hybridized carbons (Fsp3) is 0.867. The lowest BCUT2D eigenvalue weighted by molar-refractivity contribution is 0.168. The van der Waals surface area contributed by atoms with Crippen molar-refractivity contribution < 1.29 is 4.79 Å². The summed E-state index contributed by atoms with van der Waals surface area (Å²) in [6, 6.07) is -0.315. The summed E-state index contributed by atoms with van der Waals surface area (Å²) in [7, 11) is 0. The molecular formula is C15H28N4O. The molecule has 114 valence electrons. The van der Waals surface area contributed by atoms with Gasteiger partial charge in [0.1, 0.15) is 5.84 Å². The van der Waals surface area contributed by atoms with Gasteiger partial charge in [0.2, 0.25) is 0 Å². The Morgan fingerprint density at radius 1 is 1.20 bits per heavy atom. The third kappa shape index (κ3) is 3.87. The van der Waals surface area contributed by atoms with Gasteiger partial charge >= 0.3 is 6.03 Å². The molecule has 1 heterocycles. The Kier molecular flexibility index (Phi) is 5.26. The van der Waals surface area contributed by atoms with Crippen molar-refractivity contribution in [3.05, 3.63) is 0 Å². The number of nitrogens with zero attached hydrogens (tertiary/aromatic N) is 1. The van der Waals surface area contributed by atoms with Crippen molar-refractivity contribution in [2.24, 2.45) is 17.6 Å². The second kappa shape index (κ2) is 6.95. The molecule has 1 aliphatic heterocycles. The van der Waals surface area contributed by atoms with E-state index in [1.165, 1.54) is 19.3 Å². The zero-order valence-corrected chi connectivity index (χ0v) is 12.5. The molecule has 5 nitrogen and oxygen atoms in total. The van der Waals surface area contributed by atoms with Crippen LogP contribution in [0.4, 0.5) is 4.79 Å². The Hall–Kier alpha value is -1.26. The van der Waals surface area contributed by atoms with E-state index in [1.54, 1.807) is 0 Å². The second-order valence-corrected chi connectivity index (χ2v) is 6.45. The molecule has 2 amide bonds. The quantitative estimate of drug-likeness (QED) is 0.547. The maximum absolute atomic E-state index is 12.3. The van der Waals surface area contributed by atoms with E-state index in [0.29, 0.717) is 11.8 Å². The monoisotopic (exact) mass is 280 g/mol. The Morgan fingerprint density at radius 2 is 1.80 bits per heavy atom. The summed E-state index contributed by atoms with van der Waals surface area (Å²) in [6.45, 7) is 3.88. The van der Waals surface area contributed by atoms with Crippen molar-refractivity contribution in [3.63, 3.8) is 0 Å². The van der Waals surface area contributed by atoms with Gasteiger partial charge in [0, 0.05) is 13.1 Å². The first-order valence-corrected chi connectivity index (χ1v) is 7.97. The van der Waals surface area contributed by atoms with Gasteiger partial charge in [-0.25, -0.2) is 4.79 Å². The summed E-state index contributed by atoms with van der Waals surface area (Å²) in [5, 5.41) is 10.8. The maximum atomic E-state index is 12.3. The van der Waals surface area contributed by atoms with E-state index in [-0.39, 0.29) is 17.9 Å². The number of hydrogen-bond acceptors (Lipinski definition) is 2. The lowest BCUT2D eigenvalue weighted by Gasteiger charge is -2.34. The highest BCUT2D eigenvalue weighted by Gasteiger charge is 2.29. The van der Waals surface area contributed by atoms with Gasteiger partial charge in [-0.1, -0.05) is 26.2 Å². The number of carbonyl (C=O) groups excluding carboxylic acids is 1. The number of carbonyl (C=O) groups is 1. The van der Waals surface area contributed by atoms with Crippen LogP contribution >= 0.6 is 0 Å². The van der Waals surface area contributed by atoms with E-state index in [9.17, 15) is 4.79 Å². The van der Waals surface area contributed by atoms with Crippen molar-refractivity contribution >= 4 is 11.9 Å². The number of hydrogen-bond donors (Lipinski definition) is 3. The van der Waals surface area contributed by atoms with Gasteiger partial charge in [0.25, 0.3) is 0 Å². The largest absolute Gasteiger partial charge is 0.386 e. The van der Waals surface area contributed by atoms with Crippen molar-refractivity contribution in [3.8, 4) is 0 Å². The highest BCUT2D eigenvalue weighted by Crippen LogP contribution is 2.26. The Morgan fingerprint density at radius 3 is 2.35 bits per heavy atom. The van der Waals surface area contributed by atoms with E-state index < -0.39 is 0 Å². The third-order valence-electron chi connectivity index (χ3n) is 4.81. The molecule has 0 bridgehead atoms. The first-order chi connectivity index (χ1) is 9.58. The number of nitrogens with two attached hydrogens (primary N) is 1. The minimum atomic E-state index is -0.276. The van der Waals surface area contributed by atoms with Crippen LogP contribution in [-0.4, -0.2) is 35.9 Å². The van der Waals surface area contributed by atoms with Crippen LogP contribution in [0.2, 0.25) is 0 Å². The maximum Gasteiger partial charge on any atom is 0.317 e. The van der Waals surface area contributed by atoms with Gasteiger partial charge in [-0.15, -0.1) is 0 Å². The number of amidine groups is 1. The number of nitrogens with one attached hydrogen (secondary N) is 2. The van der Waals surface area contributed by atoms with E-state index in [1.807, 2.05) is 4.90 Å². The third-order valence-corrected chi connectivity index (χ3v) is 4.81. The van der Waals surface area contributed by atoms with E-state index >= 15 is 0 Å². The summed E-state index contributed by atoms with van der Waals surface area (Å²) in [4.78, 5) is 14.2. The van der Waals surface area contributed by atoms with Crippen LogP contribution < -0.4 is 11.1 Å². The summed E-state index contributed by atoms with van der Waals surface area (Å²) in [5.41, 5.74) is 5.72. The molecule has 0 aromatic heterocycles. The molecule has 1 saturated carbocycles. The van der Waals surface area contributed by atoms with E-state index in [4.69, 9.17) is 11.1 Å². The van der Waals surface area contributed by atoms with Crippen LogP contribution in [0.3, 0.4) is 0 Å². The lowest BCUT2D eigenvalue weighted by Crippen LogP contribution is -2.54. The lowest BCUT2D eigenvalue weighted by atomic mass is 9.83. The summed E-state index contributed by atoms with van der Waals surface area (Å²) in [6.07, 6.45) is 7.92. The molecule has 0 aromatic rings. The van der Waals surface area contributed by atoms with Crippen molar-refractivity contribution in [1.29, 1.82) is 5.41 Å². The summed E-state index contributed by atoms with van der Waals surface area (Å²) in [5.74, 6) is 1.16. The van der Waals surface area contributed by atoms with Crippen LogP contribution in [0.25, 0.3) is 0 Å². The fourth-order valence-corrected chi connectivity index (χ4v) is 3.35. The summed E-state index contributed by atoms with van der Waals surface area (Å²) < 4.78 is 0. The minimum Gasteiger partial charge on any atom is -0.386 e. The van der Waals surface area contributed by atoms with Gasteiger partial charge in [-0.3, -0.25) is 5.41 Å². The SMILES string of the molecule is CC1CCN(C(=O)NC(C(=N)N)C2CCCCC2)CC1. The predicted octanol–water partition coefficient (Wildman–Crippen LogP) is 2.31. The van der Waals surface area contributed by atoms with Crippen LogP contribution in [0.1, 0.15) is 51.9 Å². The molecule has 1 atom stereocenters. The fourth-order valence-electron chi connectivity index (χ4n) is 3.35. The smallest absolute Gasteiger partial charge is 0.317 e. The molecule has 5 heteroatoms. The number of urea groups is 1. The molecule has 0 radical (unpaired) electrons. The van der Waals surface area contributed by atoms with Crippen molar-refractivity contribution in [1.82, 2.24) is 10.2 Å². The van der Waals surface area contributed by atoms with E-state index in [0.717, 1.165) is 38.8 Å². The molecule has 0 spiro atoms. The highest BCUT2D eigenvalue weighted by atomic mass is 16.2. The molecule has 20 heavy (non-hydrogen) atoms. The molecule has 4 N–H and O–H groups in total. The van der Waals surface area contributed by atoms with Gasteiger partial charge in [0.05, 0.1) is 6.04 Å². The predicted molar refractivity (Wildman–Crippen MR) is 80.8 cm³/mol. The van der Waals surface area contributed by atoms with Crippen LogP contribution in [0.15, 0.2) is 0 Å². The standard InChI is InChI=1S/C15H28N4O/c1-11-7-9-19(10-8-11)15(20)18-13(14(16)17)12-5-3-2-4-6-12/h11-13H,2-10H2,1H3,(H3,16,17)(H,18,20). The first-order valence-electron chi connectivity index (χ1n) is 7.97. The summed E-state index contributed by atoms with van der Waals surface area (Å²) >= 11 is 0. The Bertz CT molecular complexity index is 344. The zero-order chi connectivity index (χ0) is 14.5. The number of likely N-dealkylation sites (tertiary alicyclic amines) is 1. The average Bonchev–Trinajstić information content (AvgIpc) is 2.46. The van der Waals surface area contributed by atoms with Crippen LogP contribution in [0, 0.1) is 17.2 Å². The molecule has 2 fully saturated rings. The molecule has 1 aliphatic carbocycles. The number of amides is 2. The van der Waals surface area contributed by atoms with Crippen molar-refractivity contribution in [2.45, 2.75) is 57.9 Å². The zero-order valence-electron chi connectivity index (χ0n) is 12.5. The normalized spacial score (nSPS) is 23.4. The molecule has 1 saturated heterocycles. The molecule has 1 unspecified atom stereocenters. The van der Waals surface area contributed by atoms with Gasteiger partial charge in [-0.2, -0.15) is 0 Å². The Balaban J connectivity index is 1.90. The molecule has 2 aliphatic rings. The van der Waals surface area contributed by atoms with Gasteiger partial charge < -0.3 is 16.0 Å². The second-order valence-electron chi connectivity index (χ2n) is 6.45. The van der Waals surface area contributed by atoms with Crippen molar-refractivity contribution in [2.75, 3.05) is 13.1 Å². The molecule has 0 aromatic carbocycles. The number of piperidine rings is 1. The van der Waals surface area contributed by atoms with E-state index in [2.05, 4.69) is 12.2 Å². The molecule has 2 rings (SSSR count). The highest BCUT2D eigenvalue weighted by molar-refractivity contribution is 5.88. The average molecular weight is 280 g/mol.